The molecule has 194 valence electrons. The van der Waals surface area contributed by atoms with Crippen molar-refractivity contribution < 1.29 is 33.4 Å². The van der Waals surface area contributed by atoms with Gasteiger partial charge in [0.05, 0.1) is 42.8 Å². The van der Waals surface area contributed by atoms with E-state index in [1.165, 1.54) is 12.0 Å². The van der Waals surface area contributed by atoms with Crippen LogP contribution < -0.4 is 10.2 Å². The Morgan fingerprint density at radius 1 is 1.03 bits per heavy atom. The molecule has 0 radical (unpaired) electrons. The third-order valence-corrected chi connectivity index (χ3v) is 6.90. The number of rotatable bonds is 6. The van der Waals surface area contributed by atoms with Crippen molar-refractivity contribution in [1.82, 2.24) is 0 Å². The molecule has 38 heavy (non-hydrogen) atoms. The number of allylic oxidation sites excluding steroid dienone is 1. The number of esters is 1. The number of carbonyl (C=O) groups is 4. The molecule has 1 amide bonds. The van der Waals surface area contributed by atoms with Gasteiger partial charge in [-0.15, -0.1) is 0 Å². The molecule has 2 heterocycles. The van der Waals surface area contributed by atoms with Crippen molar-refractivity contribution in [3.8, 4) is 0 Å². The summed E-state index contributed by atoms with van der Waals surface area (Å²) in [5.74, 6) is -1.64. The molecule has 0 bridgehead atoms. The summed E-state index contributed by atoms with van der Waals surface area (Å²) in [6.45, 7) is 0. The first-order valence-electron chi connectivity index (χ1n) is 12.2. The normalized spacial score (nSPS) is 18.7. The summed E-state index contributed by atoms with van der Waals surface area (Å²) >= 11 is 0. The number of nitrogens with one attached hydrogen (secondary N) is 1. The second-order valence-corrected chi connectivity index (χ2v) is 9.25. The maximum Gasteiger partial charge on any atom is 0.337 e. The molecule has 2 aliphatic rings. The van der Waals surface area contributed by atoms with Crippen LogP contribution in [0.3, 0.4) is 0 Å². The first-order chi connectivity index (χ1) is 18.4. The van der Waals surface area contributed by atoms with Crippen molar-refractivity contribution in [2.75, 3.05) is 17.3 Å². The van der Waals surface area contributed by atoms with E-state index in [0.717, 1.165) is 0 Å². The number of carboxylic acids is 1. The Morgan fingerprint density at radius 3 is 2.47 bits per heavy atom. The molecule has 0 spiro atoms. The van der Waals surface area contributed by atoms with E-state index in [9.17, 15) is 24.3 Å². The number of aliphatic carboxylic acids is 1. The summed E-state index contributed by atoms with van der Waals surface area (Å²) in [6.07, 6.45) is 1.66. The number of ether oxygens (including phenoxy) is 1. The van der Waals surface area contributed by atoms with Gasteiger partial charge in [-0.1, -0.05) is 24.3 Å². The van der Waals surface area contributed by atoms with E-state index in [0.29, 0.717) is 46.0 Å². The highest BCUT2D eigenvalue weighted by molar-refractivity contribution is 6.06. The molecular formula is C29H26N2O7. The number of nitrogens with zero attached hydrogens (tertiary/aromatic N) is 1. The average molecular weight is 515 g/mol. The molecule has 2 atom stereocenters. The van der Waals surface area contributed by atoms with Crippen molar-refractivity contribution in [3.05, 3.63) is 95.1 Å². The number of carboxylic acid groups (broad SMARTS) is 1. The summed E-state index contributed by atoms with van der Waals surface area (Å²) < 4.78 is 10.4. The van der Waals surface area contributed by atoms with Crippen LogP contribution in [0.5, 0.6) is 0 Å². The molecule has 9 nitrogen and oxygen atoms in total. The highest BCUT2D eigenvalue weighted by Gasteiger charge is 2.42. The molecule has 5 rings (SSSR count). The number of para-hydroxylation sites is 2. The first kappa shape index (κ1) is 25.0. The minimum absolute atomic E-state index is 0.147. The fourth-order valence-corrected chi connectivity index (χ4v) is 5.16. The molecule has 0 unspecified atom stereocenters. The summed E-state index contributed by atoms with van der Waals surface area (Å²) in [5, 5.41) is 12.7. The van der Waals surface area contributed by atoms with Gasteiger partial charge in [0.1, 0.15) is 5.76 Å². The van der Waals surface area contributed by atoms with E-state index < -0.39 is 23.9 Å². The van der Waals surface area contributed by atoms with Gasteiger partial charge in [0.2, 0.25) is 5.91 Å². The number of fused-ring (bicyclic) bond motifs is 1. The van der Waals surface area contributed by atoms with Crippen LogP contribution in [0.2, 0.25) is 0 Å². The van der Waals surface area contributed by atoms with Gasteiger partial charge in [-0.2, -0.15) is 0 Å². The lowest BCUT2D eigenvalue weighted by Crippen LogP contribution is -2.38. The van der Waals surface area contributed by atoms with E-state index in [2.05, 4.69) is 5.32 Å². The van der Waals surface area contributed by atoms with Crippen LogP contribution in [-0.2, 0) is 19.1 Å². The predicted molar refractivity (Wildman–Crippen MR) is 138 cm³/mol. The van der Waals surface area contributed by atoms with Crippen molar-refractivity contribution in [2.45, 2.75) is 37.6 Å². The molecule has 9 heteroatoms. The number of Topliss-reactive ketones (excluding diaryl/α,β-unsaturated/α-hetero) is 1. The molecule has 2 aromatic carbocycles. The Bertz CT molecular complexity index is 1420. The van der Waals surface area contributed by atoms with Gasteiger partial charge in [0.25, 0.3) is 0 Å². The van der Waals surface area contributed by atoms with E-state index in [1.54, 1.807) is 48.7 Å². The molecule has 0 saturated heterocycles. The Morgan fingerprint density at radius 2 is 1.79 bits per heavy atom. The van der Waals surface area contributed by atoms with Gasteiger partial charge in [-0.25, -0.2) is 4.79 Å². The van der Waals surface area contributed by atoms with E-state index in [1.807, 2.05) is 18.2 Å². The summed E-state index contributed by atoms with van der Waals surface area (Å²) in [6, 6.07) is 16.6. The monoisotopic (exact) mass is 514 g/mol. The molecule has 2 N–H and O–H groups in total. The molecule has 0 saturated carbocycles. The van der Waals surface area contributed by atoms with Crippen molar-refractivity contribution in [2.24, 2.45) is 0 Å². The number of hydrogen-bond acceptors (Lipinski definition) is 7. The Balaban J connectivity index is 1.68. The third-order valence-electron chi connectivity index (χ3n) is 6.90. The maximum atomic E-state index is 13.8. The smallest absolute Gasteiger partial charge is 0.337 e. The minimum Gasteiger partial charge on any atom is -0.481 e. The molecule has 1 aliphatic heterocycles. The average Bonchev–Trinajstić information content (AvgIpc) is 3.41. The number of anilines is 2. The number of benzene rings is 2. The summed E-state index contributed by atoms with van der Waals surface area (Å²) in [7, 11) is 1.29. The Hall–Kier alpha value is -4.66. The van der Waals surface area contributed by atoms with Crippen LogP contribution in [0.4, 0.5) is 11.4 Å². The van der Waals surface area contributed by atoms with E-state index in [-0.39, 0.29) is 31.0 Å². The van der Waals surface area contributed by atoms with Gasteiger partial charge in [0, 0.05) is 30.0 Å². The van der Waals surface area contributed by atoms with Crippen molar-refractivity contribution >= 4 is 35.0 Å². The zero-order valence-corrected chi connectivity index (χ0v) is 20.7. The summed E-state index contributed by atoms with van der Waals surface area (Å²) in [5.41, 5.74) is 3.20. The Kier molecular flexibility index (Phi) is 6.83. The topological polar surface area (TPSA) is 126 Å². The largest absolute Gasteiger partial charge is 0.481 e. The molecule has 0 fully saturated rings. The molecule has 1 aromatic heterocycles. The fraction of sp³-hybridized carbons (Fsp3) is 0.241. The number of amides is 1. The van der Waals surface area contributed by atoms with Gasteiger partial charge in [0.15, 0.2) is 5.78 Å². The minimum atomic E-state index is -1.09. The van der Waals surface area contributed by atoms with Crippen molar-refractivity contribution in [1.29, 1.82) is 0 Å². The lowest BCUT2D eigenvalue weighted by atomic mass is 9.80. The third kappa shape index (κ3) is 4.70. The van der Waals surface area contributed by atoms with Crippen LogP contribution >= 0.6 is 0 Å². The van der Waals surface area contributed by atoms with Crippen molar-refractivity contribution in [3.63, 3.8) is 0 Å². The highest BCUT2D eigenvalue weighted by Crippen LogP contribution is 2.47. The van der Waals surface area contributed by atoms with Crippen LogP contribution in [-0.4, -0.2) is 35.8 Å². The van der Waals surface area contributed by atoms with Crippen LogP contribution in [0, 0.1) is 0 Å². The number of hydrogen-bond donors (Lipinski definition) is 2. The maximum absolute atomic E-state index is 13.8. The quantitative estimate of drug-likeness (QED) is 0.448. The Labute approximate surface area is 218 Å². The van der Waals surface area contributed by atoms with E-state index in [4.69, 9.17) is 9.15 Å². The van der Waals surface area contributed by atoms with E-state index >= 15 is 0 Å². The second-order valence-electron chi connectivity index (χ2n) is 9.25. The van der Waals surface area contributed by atoms with Gasteiger partial charge in [-0.05, 0) is 48.4 Å². The molecule has 1 aliphatic carbocycles. The summed E-state index contributed by atoms with van der Waals surface area (Å²) in [4.78, 5) is 52.4. The SMILES string of the molecule is COC(=O)c1ccc([C@H]2C3=C(C[C@H](c4ccco4)CC3=O)Nc3ccccc3N2C(=O)CCC(=O)O)cc1. The lowest BCUT2D eigenvalue weighted by molar-refractivity contribution is -0.138. The highest BCUT2D eigenvalue weighted by atomic mass is 16.5. The van der Waals surface area contributed by atoms with Gasteiger partial charge >= 0.3 is 11.9 Å². The molecular weight excluding hydrogens is 488 g/mol. The molecule has 3 aromatic rings. The number of carbonyl (C=O) groups excluding carboxylic acids is 3. The fourth-order valence-electron chi connectivity index (χ4n) is 5.16. The van der Waals surface area contributed by atoms with Crippen LogP contribution in [0.1, 0.15) is 59.3 Å². The number of methoxy groups -OCH3 is 1. The van der Waals surface area contributed by atoms with Gasteiger partial charge in [-0.3, -0.25) is 19.3 Å². The zero-order valence-electron chi connectivity index (χ0n) is 20.7. The predicted octanol–water partition coefficient (Wildman–Crippen LogP) is 4.83. The van der Waals surface area contributed by atoms with Crippen LogP contribution in [0.25, 0.3) is 0 Å². The van der Waals surface area contributed by atoms with Crippen LogP contribution in [0.15, 0.2) is 82.6 Å². The first-order valence-corrected chi connectivity index (χ1v) is 12.2. The van der Waals surface area contributed by atoms with Gasteiger partial charge < -0.3 is 19.6 Å². The lowest BCUT2D eigenvalue weighted by Gasteiger charge is -2.35. The number of ketones is 1. The zero-order chi connectivity index (χ0) is 26.8. The second kappa shape index (κ2) is 10.4. The standard InChI is InChI=1S/C29H26N2O7/c1-37-29(36)18-10-8-17(9-11-18)28-27-21(15-19(16-23(27)32)24-7-4-14-38-24)30-20-5-2-3-6-22(20)31(28)25(33)12-13-26(34)35/h2-11,14,19,28,30H,12-13,15-16H2,1H3,(H,34,35)/t19-,28-/m0/s1. The number of furan rings is 1.